The molecular weight excluding hydrogens is 444 g/mol. The summed E-state index contributed by atoms with van der Waals surface area (Å²) >= 11 is 1.44. The minimum atomic E-state index is -0.383. The van der Waals surface area contributed by atoms with Crippen molar-refractivity contribution in [3.05, 3.63) is 110 Å². The highest BCUT2D eigenvalue weighted by Gasteiger charge is 2.16. The Kier molecular flexibility index (Phi) is 5.84. The van der Waals surface area contributed by atoms with Crippen molar-refractivity contribution in [1.29, 1.82) is 0 Å². The van der Waals surface area contributed by atoms with Gasteiger partial charge in [0.2, 0.25) is 0 Å². The summed E-state index contributed by atoms with van der Waals surface area (Å²) in [6.45, 7) is 6.34. The van der Waals surface area contributed by atoms with E-state index in [0.717, 1.165) is 22.2 Å². The maximum atomic E-state index is 13.4. The van der Waals surface area contributed by atoms with E-state index in [2.05, 4.69) is 19.9 Å². The summed E-state index contributed by atoms with van der Waals surface area (Å²) in [6.07, 6.45) is 0. The van der Waals surface area contributed by atoms with Crippen molar-refractivity contribution in [3.8, 4) is 5.69 Å². The van der Waals surface area contributed by atoms with E-state index in [0.29, 0.717) is 33.3 Å². The molecular formula is C28H24N2O3S. The van der Waals surface area contributed by atoms with Gasteiger partial charge in [-0.1, -0.05) is 55.9 Å². The monoisotopic (exact) mass is 468 g/mol. The minimum absolute atomic E-state index is 0.116. The predicted molar refractivity (Wildman–Crippen MR) is 138 cm³/mol. The number of hydrogen-bond acceptors (Lipinski definition) is 5. The van der Waals surface area contributed by atoms with Crippen LogP contribution in [0.5, 0.6) is 0 Å². The molecule has 0 aliphatic carbocycles. The fourth-order valence-electron chi connectivity index (χ4n) is 4.29. The number of para-hydroxylation sites is 2. The standard InChI is InChI=1S/C28H24N2O3S/c1-17(2)22-15-23-19(14-26(31)33-25(23)13-18(22)3)16-34-28-29-24-12-8-7-11-21(24)27(32)30(28)20-9-5-4-6-10-20/h4-15,17H,16H2,1-3H3. The van der Waals surface area contributed by atoms with Gasteiger partial charge in [-0.3, -0.25) is 9.36 Å². The lowest BCUT2D eigenvalue weighted by atomic mass is 9.95. The van der Waals surface area contributed by atoms with Crippen molar-refractivity contribution >= 4 is 33.6 Å². The average Bonchev–Trinajstić information content (AvgIpc) is 2.82. The van der Waals surface area contributed by atoms with E-state index in [4.69, 9.17) is 9.40 Å². The van der Waals surface area contributed by atoms with Crippen LogP contribution in [0.3, 0.4) is 0 Å². The summed E-state index contributed by atoms with van der Waals surface area (Å²) in [5, 5.41) is 2.06. The SMILES string of the molecule is Cc1cc2oc(=O)cc(CSc3nc4ccccc4c(=O)n3-c3ccccc3)c2cc1C(C)C. The van der Waals surface area contributed by atoms with Crippen molar-refractivity contribution in [1.82, 2.24) is 9.55 Å². The molecule has 0 bridgehead atoms. The number of nitrogens with zero attached hydrogens (tertiary/aromatic N) is 2. The molecule has 0 aliphatic heterocycles. The largest absolute Gasteiger partial charge is 0.423 e. The average molecular weight is 469 g/mol. The van der Waals surface area contributed by atoms with Crippen molar-refractivity contribution < 1.29 is 4.42 Å². The van der Waals surface area contributed by atoms with Gasteiger partial charge >= 0.3 is 5.63 Å². The first-order valence-electron chi connectivity index (χ1n) is 11.2. The molecule has 0 aliphatic rings. The molecule has 0 unspecified atom stereocenters. The van der Waals surface area contributed by atoms with Gasteiger partial charge in [-0.25, -0.2) is 9.78 Å². The van der Waals surface area contributed by atoms with Crippen molar-refractivity contribution in [3.63, 3.8) is 0 Å². The van der Waals surface area contributed by atoms with E-state index in [1.165, 1.54) is 17.3 Å². The van der Waals surface area contributed by atoms with E-state index in [-0.39, 0.29) is 11.2 Å². The molecule has 0 N–H and O–H groups in total. The number of benzene rings is 3. The van der Waals surface area contributed by atoms with Gasteiger partial charge in [-0.15, -0.1) is 0 Å². The second kappa shape index (κ2) is 8.95. The molecule has 2 heterocycles. The van der Waals surface area contributed by atoms with E-state index in [9.17, 15) is 9.59 Å². The molecule has 170 valence electrons. The smallest absolute Gasteiger partial charge is 0.336 e. The molecule has 0 atom stereocenters. The Morgan fingerprint density at radius 1 is 0.941 bits per heavy atom. The highest BCUT2D eigenvalue weighted by molar-refractivity contribution is 7.98. The fourth-order valence-corrected chi connectivity index (χ4v) is 5.29. The highest BCUT2D eigenvalue weighted by Crippen LogP contribution is 2.31. The third kappa shape index (κ3) is 4.05. The molecule has 2 aromatic heterocycles. The second-order valence-electron chi connectivity index (χ2n) is 8.63. The molecule has 0 saturated carbocycles. The lowest BCUT2D eigenvalue weighted by molar-refractivity contribution is 0.559. The van der Waals surface area contributed by atoms with Crippen LogP contribution in [0.15, 0.2) is 92.0 Å². The van der Waals surface area contributed by atoms with Crippen LogP contribution >= 0.6 is 11.8 Å². The second-order valence-corrected chi connectivity index (χ2v) is 9.57. The third-order valence-electron chi connectivity index (χ3n) is 5.95. The van der Waals surface area contributed by atoms with Crippen LogP contribution < -0.4 is 11.2 Å². The molecule has 0 amide bonds. The lowest BCUT2D eigenvalue weighted by Crippen LogP contribution is -2.21. The Balaban J connectivity index is 1.64. The van der Waals surface area contributed by atoms with Crippen molar-refractivity contribution in [2.45, 2.75) is 37.6 Å². The highest BCUT2D eigenvalue weighted by atomic mass is 32.2. The molecule has 5 nitrogen and oxygen atoms in total. The molecule has 3 aromatic carbocycles. The molecule has 6 heteroatoms. The van der Waals surface area contributed by atoms with Crippen LogP contribution in [0.25, 0.3) is 27.6 Å². The van der Waals surface area contributed by atoms with Crippen LogP contribution in [-0.2, 0) is 5.75 Å². The van der Waals surface area contributed by atoms with Crippen LogP contribution in [0.1, 0.15) is 36.5 Å². The quantitative estimate of drug-likeness (QED) is 0.174. The number of aryl methyl sites for hydroxylation is 1. The Labute approximate surface area is 201 Å². The van der Waals surface area contributed by atoms with Gasteiger partial charge in [-0.05, 0) is 65.9 Å². The predicted octanol–water partition coefficient (Wildman–Crippen LogP) is 6.22. The van der Waals surface area contributed by atoms with E-state index < -0.39 is 0 Å². The minimum Gasteiger partial charge on any atom is -0.423 e. The maximum Gasteiger partial charge on any atom is 0.336 e. The molecule has 0 fully saturated rings. The summed E-state index contributed by atoms with van der Waals surface area (Å²) in [7, 11) is 0. The Hall–Kier alpha value is -3.64. The van der Waals surface area contributed by atoms with Crippen molar-refractivity contribution in [2.24, 2.45) is 0 Å². The van der Waals surface area contributed by atoms with E-state index >= 15 is 0 Å². The number of aromatic nitrogens is 2. The number of rotatable bonds is 5. The van der Waals surface area contributed by atoms with E-state index in [1.807, 2.05) is 61.5 Å². The number of fused-ring (bicyclic) bond motifs is 2. The Bertz CT molecular complexity index is 1640. The zero-order valence-corrected chi connectivity index (χ0v) is 20.1. The summed E-state index contributed by atoms with van der Waals surface area (Å²) in [5.41, 5.74) is 4.67. The Morgan fingerprint density at radius 2 is 1.68 bits per heavy atom. The van der Waals surface area contributed by atoms with Crippen molar-refractivity contribution in [2.75, 3.05) is 0 Å². The maximum absolute atomic E-state index is 13.4. The van der Waals surface area contributed by atoms with Crippen LogP contribution in [-0.4, -0.2) is 9.55 Å². The van der Waals surface area contributed by atoms with E-state index in [1.54, 1.807) is 16.7 Å². The number of thioether (sulfide) groups is 1. The van der Waals surface area contributed by atoms with Crippen LogP contribution in [0.4, 0.5) is 0 Å². The zero-order valence-electron chi connectivity index (χ0n) is 19.2. The molecule has 0 spiro atoms. The summed E-state index contributed by atoms with van der Waals surface area (Å²) < 4.78 is 7.15. The van der Waals surface area contributed by atoms with Crippen LogP contribution in [0.2, 0.25) is 0 Å². The van der Waals surface area contributed by atoms with Gasteiger partial charge in [0.15, 0.2) is 5.16 Å². The lowest BCUT2D eigenvalue weighted by Gasteiger charge is -2.15. The topological polar surface area (TPSA) is 65.1 Å². The van der Waals surface area contributed by atoms with Gasteiger partial charge in [-0.2, -0.15) is 0 Å². The summed E-state index contributed by atoms with van der Waals surface area (Å²) in [6, 6.07) is 22.5. The molecule has 5 rings (SSSR count). The summed E-state index contributed by atoms with van der Waals surface area (Å²) in [4.78, 5) is 30.6. The molecule has 0 radical (unpaired) electrons. The molecule has 34 heavy (non-hydrogen) atoms. The first kappa shape index (κ1) is 22.2. The van der Waals surface area contributed by atoms with Gasteiger partial charge in [0.05, 0.1) is 16.6 Å². The summed E-state index contributed by atoms with van der Waals surface area (Å²) in [5.74, 6) is 0.822. The van der Waals surface area contributed by atoms with Gasteiger partial charge < -0.3 is 4.42 Å². The zero-order chi connectivity index (χ0) is 23.8. The normalized spacial score (nSPS) is 11.5. The first-order valence-corrected chi connectivity index (χ1v) is 12.2. The van der Waals surface area contributed by atoms with Gasteiger partial charge in [0.1, 0.15) is 5.58 Å². The first-order chi connectivity index (χ1) is 16.4. The van der Waals surface area contributed by atoms with Gasteiger partial charge in [0.25, 0.3) is 5.56 Å². The third-order valence-corrected chi connectivity index (χ3v) is 6.94. The molecule has 5 aromatic rings. The number of hydrogen-bond donors (Lipinski definition) is 0. The van der Waals surface area contributed by atoms with Crippen LogP contribution in [0, 0.1) is 6.92 Å². The fraction of sp³-hybridized carbons (Fsp3) is 0.179. The van der Waals surface area contributed by atoms with Gasteiger partial charge in [0, 0.05) is 17.2 Å². The molecule has 0 saturated heterocycles. The Morgan fingerprint density at radius 3 is 2.44 bits per heavy atom.